The molecule has 0 aliphatic rings. The van der Waals surface area contributed by atoms with Crippen LogP contribution in [0.4, 0.5) is 8.78 Å². The molecule has 0 aliphatic heterocycles. The second kappa shape index (κ2) is 5.79. The average molecular weight is 350 g/mol. The van der Waals surface area contributed by atoms with E-state index in [1.165, 1.54) is 6.20 Å². The molecule has 3 rings (SSSR count). The number of fused-ring (bicyclic) bond motifs is 1. The van der Waals surface area contributed by atoms with Gasteiger partial charge in [0.15, 0.2) is 27.3 Å². The number of H-pyrrole nitrogens is 1. The summed E-state index contributed by atoms with van der Waals surface area (Å²) in [5.41, 5.74) is 0.746. The van der Waals surface area contributed by atoms with E-state index in [9.17, 15) is 22.0 Å². The van der Waals surface area contributed by atoms with Gasteiger partial charge in [0.2, 0.25) is 0 Å². The van der Waals surface area contributed by atoms with Crippen molar-refractivity contribution < 1.29 is 22.0 Å². The van der Waals surface area contributed by atoms with Crippen molar-refractivity contribution in [3.05, 3.63) is 53.9 Å². The molecule has 1 N–H and O–H groups in total. The summed E-state index contributed by atoms with van der Waals surface area (Å²) in [6.07, 6.45) is 2.42. The van der Waals surface area contributed by atoms with Crippen LogP contribution in [0, 0.1) is 11.6 Å². The zero-order chi connectivity index (χ0) is 17.5. The van der Waals surface area contributed by atoms with Crippen molar-refractivity contribution >= 4 is 26.5 Å². The first kappa shape index (κ1) is 16.3. The fraction of sp³-hybridized carbons (Fsp3) is 0.125. The minimum atomic E-state index is -3.56. The Morgan fingerprint density at radius 3 is 2.54 bits per heavy atom. The fourth-order valence-electron chi connectivity index (χ4n) is 2.49. The summed E-state index contributed by atoms with van der Waals surface area (Å²) in [7, 11) is -3.56. The summed E-state index contributed by atoms with van der Waals surface area (Å²) in [6, 6.07) is 6.82. The summed E-state index contributed by atoms with van der Waals surface area (Å²) in [5.74, 6) is -3.56. The molecule has 0 saturated carbocycles. The van der Waals surface area contributed by atoms with Crippen LogP contribution in [0.3, 0.4) is 0 Å². The first-order valence-corrected chi connectivity index (χ1v) is 8.95. The molecule has 0 amide bonds. The Bertz CT molecular complexity index is 1040. The molecule has 0 aliphatic carbocycles. The first-order chi connectivity index (χ1) is 11.3. The highest BCUT2D eigenvalue weighted by molar-refractivity contribution is 7.91. The zero-order valence-corrected chi connectivity index (χ0v) is 13.3. The van der Waals surface area contributed by atoms with Crippen LogP contribution in [0.25, 0.3) is 22.2 Å². The number of rotatable bonds is 4. The van der Waals surface area contributed by atoms with Gasteiger partial charge >= 0.3 is 0 Å². The number of pyridine rings is 1. The van der Waals surface area contributed by atoms with Gasteiger partial charge in [-0.2, -0.15) is 0 Å². The lowest BCUT2D eigenvalue weighted by molar-refractivity contribution is 0.101. The second-order valence-electron chi connectivity index (χ2n) is 5.40. The van der Waals surface area contributed by atoms with Crippen LogP contribution in [-0.2, 0) is 9.84 Å². The van der Waals surface area contributed by atoms with Crippen LogP contribution >= 0.6 is 0 Å². The summed E-state index contributed by atoms with van der Waals surface area (Å²) in [5, 5.41) is 0.254. The summed E-state index contributed by atoms with van der Waals surface area (Å²) in [4.78, 5) is 19.2. The number of halogens is 2. The van der Waals surface area contributed by atoms with Crippen molar-refractivity contribution in [1.82, 2.24) is 9.97 Å². The van der Waals surface area contributed by atoms with E-state index >= 15 is 0 Å². The molecule has 3 aromatic rings. The molecule has 0 bridgehead atoms. The van der Waals surface area contributed by atoms with Gasteiger partial charge in [-0.3, -0.25) is 9.78 Å². The van der Waals surface area contributed by atoms with Gasteiger partial charge in [0.25, 0.3) is 0 Å². The number of aromatic amines is 1. The number of nitrogens with one attached hydrogen (secondary N) is 1. The lowest BCUT2D eigenvalue weighted by Gasteiger charge is -2.03. The van der Waals surface area contributed by atoms with E-state index < -0.39 is 33.0 Å². The molecule has 1 aromatic carbocycles. The lowest BCUT2D eigenvalue weighted by Crippen LogP contribution is -2.15. The first-order valence-electron chi connectivity index (χ1n) is 6.89. The number of nitrogens with zero attached hydrogens (tertiary/aromatic N) is 1. The average Bonchev–Trinajstić information content (AvgIpc) is 2.85. The van der Waals surface area contributed by atoms with Crippen LogP contribution < -0.4 is 0 Å². The van der Waals surface area contributed by atoms with Gasteiger partial charge in [-0.05, 0) is 18.2 Å². The van der Waals surface area contributed by atoms with Crippen molar-refractivity contribution in [3.8, 4) is 11.3 Å². The predicted octanol–water partition coefficient (Wildman–Crippen LogP) is 2.74. The van der Waals surface area contributed by atoms with E-state index in [4.69, 9.17) is 0 Å². The Hall–Kier alpha value is -2.61. The number of ketones is 1. The predicted molar refractivity (Wildman–Crippen MR) is 85.5 cm³/mol. The SMILES string of the molecule is CS(=O)(=O)CC(=O)c1[nH]c2cc(F)c(F)cc2c1-c1ccccn1. The Labute approximate surface area is 136 Å². The maximum Gasteiger partial charge on any atom is 0.194 e. The number of aromatic nitrogens is 2. The number of carbonyl (C=O) groups excluding carboxylic acids is 1. The number of hydrogen-bond donors (Lipinski definition) is 1. The summed E-state index contributed by atoms with van der Waals surface area (Å²) in [6.45, 7) is 0. The van der Waals surface area contributed by atoms with Crippen molar-refractivity contribution in [2.45, 2.75) is 0 Å². The van der Waals surface area contributed by atoms with Gasteiger partial charge in [-0.15, -0.1) is 0 Å². The maximum absolute atomic E-state index is 13.6. The maximum atomic E-state index is 13.6. The number of Topliss-reactive ketones (excluding diaryl/α,β-unsaturated/α-hetero) is 1. The van der Waals surface area contributed by atoms with Gasteiger partial charge in [0.05, 0.1) is 11.4 Å². The van der Waals surface area contributed by atoms with Gasteiger partial charge in [-0.1, -0.05) is 6.07 Å². The molecule has 5 nitrogen and oxygen atoms in total. The molecule has 8 heteroatoms. The van der Waals surface area contributed by atoms with Crippen molar-refractivity contribution in [2.24, 2.45) is 0 Å². The highest BCUT2D eigenvalue weighted by Crippen LogP contribution is 2.33. The van der Waals surface area contributed by atoms with Crippen molar-refractivity contribution in [2.75, 3.05) is 12.0 Å². The molecule has 0 spiro atoms. The minimum absolute atomic E-state index is 0.0425. The molecule has 24 heavy (non-hydrogen) atoms. The van der Waals surface area contributed by atoms with E-state index in [0.29, 0.717) is 5.69 Å². The van der Waals surface area contributed by atoms with Crippen LogP contribution in [0.2, 0.25) is 0 Å². The van der Waals surface area contributed by atoms with E-state index in [-0.39, 0.29) is 22.2 Å². The quantitative estimate of drug-likeness (QED) is 0.734. The third-order valence-electron chi connectivity index (χ3n) is 3.43. The Kier molecular flexibility index (Phi) is 3.92. The fourth-order valence-corrected chi connectivity index (χ4v) is 3.11. The Balaban J connectivity index is 2.30. The number of sulfone groups is 1. The monoisotopic (exact) mass is 350 g/mol. The summed E-state index contributed by atoms with van der Waals surface area (Å²) >= 11 is 0. The van der Waals surface area contributed by atoms with Gasteiger partial charge in [0, 0.05) is 35.0 Å². The molecular formula is C16H12F2N2O3S. The summed E-state index contributed by atoms with van der Waals surface area (Å²) < 4.78 is 49.9. The number of hydrogen-bond acceptors (Lipinski definition) is 4. The largest absolute Gasteiger partial charge is 0.351 e. The molecule has 0 radical (unpaired) electrons. The smallest absolute Gasteiger partial charge is 0.194 e. The second-order valence-corrected chi connectivity index (χ2v) is 7.54. The van der Waals surface area contributed by atoms with E-state index in [0.717, 1.165) is 18.4 Å². The van der Waals surface area contributed by atoms with Gasteiger partial charge < -0.3 is 4.98 Å². The standard InChI is InChI=1S/C16H12F2N2O3S/c1-24(22,23)8-14(21)16-15(12-4-2-3-5-19-12)9-6-10(17)11(18)7-13(9)20-16/h2-7,20H,8H2,1H3. The molecule has 124 valence electrons. The highest BCUT2D eigenvalue weighted by Gasteiger charge is 2.23. The van der Waals surface area contributed by atoms with Crippen molar-refractivity contribution in [1.29, 1.82) is 0 Å². The van der Waals surface area contributed by atoms with Crippen LogP contribution in [0.1, 0.15) is 10.5 Å². The Morgan fingerprint density at radius 2 is 1.92 bits per heavy atom. The zero-order valence-electron chi connectivity index (χ0n) is 12.5. The normalized spacial score (nSPS) is 11.8. The van der Waals surface area contributed by atoms with Gasteiger partial charge in [0.1, 0.15) is 5.75 Å². The number of benzene rings is 1. The molecule has 2 aromatic heterocycles. The van der Waals surface area contributed by atoms with Crippen LogP contribution in [-0.4, -0.2) is 36.2 Å². The van der Waals surface area contributed by atoms with E-state index in [2.05, 4.69) is 9.97 Å². The molecular weight excluding hydrogens is 338 g/mol. The van der Waals surface area contributed by atoms with Crippen molar-refractivity contribution in [3.63, 3.8) is 0 Å². The molecule has 0 unspecified atom stereocenters. The third kappa shape index (κ3) is 3.05. The van der Waals surface area contributed by atoms with Gasteiger partial charge in [-0.25, -0.2) is 17.2 Å². The third-order valence-corrected chi connectivity index (χ3v) is 4.22. The Morgan fingerprint density at radius 1 is 1.21 bits per heavy atom. The lowest BCUT2D eigenvalue weighted by atomic mass is 10.0. The van der Waals surface area contributed by atoms with Crippen LogP contribution in [0.5, 0.6) is 0 Å². The highest BCUT2D eigenvalue weighted by atomic mass is 32.2. The molecule has 0 atom stereocenters. The molecule has 0 saturated heterocycles. The molecule has 2 heterocycles. The molecule has 0 fully saturated rings. The van der Waals surface area contributed by atoms with Crippen LogP contribution in [0.15, 0.2) is 36.5 Å². The van der Waals surface area contributed by atoms with E-state index in [1.807, 2.05) is 0 Å². The van der Waals surface area contributed by atoms with E-state index in [1.54, 1.807) is 18.2 Å². The number of carbonyl (C=O) groups is 1. The minimum Gasteiger partial charge on any atom is -0.351 e. The topological polar surface area (TPSA) is 79.9 Å².